The fourth-order valence-electron chi connectivity index (χ4n) is 2.56. The molecule has 27 heavy (non-hydrogen) atoms. The van der Waals surface area contributed by atoms with Crippen LogP contribution in [0.15, 0.2) is 29.3 Å². The van der Waals surface area contributed by atoms with Gasteiger partial charge in [-0.1, -0.05) is 24.6 Å². The van der Waals surface area contributed by atoms with Gasteiger partial charge in [0.1, 0.15) is 5.75 Å². The number of nitrogens with one attached hydrogen (secondary N) is 2. The molecule has 0 radical (unpaired) electrons. The Morgan fingerprint density at radius 2 is 1.96 bits per heavy atom. The van der Waals surface area contributed by atoms with Crippen molar-refractivity contribution in [1.82, 2.24) is 10.6 Å². The third-order valence-electron chi connectivity index (χ3n) is 4.39. The van der Waals surface area contributed by atoms with Crippen molar-refractivity contribution in [3.05, 3.63) is 29.8 Å². The average molecular weight is 489 g/mol. The van der Waals surface area contributed by atoms with E-state index >= 15 is 0 Å². The molecule has 1 aliphatic rings. The van der Waals surface area contributed by atoms with Gasteiger partial charge in [-0.25, -0.2) is 0 Å². The summed E-state index contributed by atoms with van der Waals surface area (Å²) in [6.45, 7) is 2.30. The summed E-state index contributed by atoms with van der Waals surface area (Å²) in [6, 6.07) is 8.14. The number of aliphatic imine (C=N–C) groups is 1. The Hall–Kier alpha value is -1.51. The molecule has 0 bridgehead atoms. The maximum atomic E-state index is 11.1. The third-order valence-corrected chi connectivity index (χ3v) is 4.39. The Labute approximate surface area is 179 Å². The number of hydrogen-bond donors (Lipinski definition) is 2. The normalized spacial score (nSPS) is 13.5. The fraction of sp³-hybridized carbons (Fsp3) is 0.600. The van der Waals surface area contributed by atoms with E-state index < -0.39 is 0 Å². The lowest BCUT2D eigenvalue weighted by molar-refractivity contribution is -0.140. The molecule has 2 N–H and O–H groups in total. The van der Waals surface area contributed by atoms with Gasteiger partial charge in [0, 0.05) is 32.1 Å². The van der Waals surface area contributed by atoms with Crippen LogP contribution in [-0.2, 0) is 16.1 Å². The minimum atomic E-state index is -0.141. The maximum Gasteiger partial charge on any atom is 0.305 e. The lowest BCUT2D eigenvalue weighted by Gasteiger charge is -2.14. The number of esters is 1. The molecule has 6 nitrogen and oxygen atoms in total. The lowest BCUT2D eigenvalue weighted by Crippen LogP contribution is -2.37. The second-order valence-electron chi connectivity index (χ2n) is 6.60. The number of para-hydroxylation sites is 1. The Balaban J connectivity index is 0.00000364. The van der Waals surface area contributed by atoms with Crippen molar-refractivity contribution < 1.29 is 14.3 Å². The first-order valence-corrected chi connectivity index (χ1v) is 9.45. The Morgan fingerprint density at radius 1 is 1.19 bits per heavy atom. The number of methoxy groups -OCH3 is 1. The van der Waals surface area contributed by atoms with Gasteiger partial charge in [0.25, 0.3) is 0 Å². The molecule has 0 unspecified atom stereocenters. The molecule has 1 aromatic carbocycles. The monoisotopic (exact) mass is 489 g/mol. The van der Waals surface area contributed by atoms with Crippen LogP contribution in [0.25, 0.3) is 0 Å². The zero-order chi connectivity index (χ0) is 18.6. The Kier molecular flexibility index (Phi) is 11.9. The van der Waals surface area contributed by atoms with Crippen LogP contribution in [0.3, 0.4) is 0 Å². The second-order valence-corrected chi connectivity index (χ2v) is 6.60. The molecular formula is C20H32IN3O3. The first-order valence-electron chi connectivity index (χ1n) is 9.45. The largest absolute Gasteiger partial charge is 0.493 e. The predicted molar refractivity (Wildman–Crippen MR) is 119 cm³/mol. The fourth-order valence-corrected chi connectivity index (χ4v) is 2.56. The number of hydrogen-bond acceptors (Lipinski definition) is 4. The number of ether oxygens (including phenoxy) is 2. The SMILES string of the molecule is CN=C(NCCCCCC(=O)OC)NCc1ccccc1OCC1CC1.I. The van der Waals surface area contributed by atoms with E-state index in [0.717, 1.165) is 55.6 Å². The van der Waals surface area contributed by atoms with Gasteiger partial charge >= 0.3 is 5.97 Å². The van der Waals surface area contributed by atoms with E-state index in [1.54, 1.807) is 7.05 Å². The van der Waals surface area contributed by atoms with Crippen molar-refractivity contribution in [3.63, 3.8) is 0 Å². The van der Waals surface area contributed by atoms with E-state index in [1.165, 1.54) is 20.0 Å². The second kappa shape index (κ2) is 13.6. The molecule has 1 saturated carbocycles. The van der Waals surface area contributed by atoms with Gasteiger partial charge in [0.2, 0.25) is 0 Å². The molecule has 0 aromatic heterocycles. The molecular weight excluding hydrogens is 457 g/mol. The van der Waals surface area contributed by atoms with Gasteiger partial charge in [-0.3, -0.25) is 9.79 Å². The molecule has 152 valence electrons. The molecule has 0 saturated heterocycles. The van der Waals surface area contributed by atoms with Crippen molar-refractivity contribution >= 4 is 35.9 Å². The molecule has 0 atom stereocenters. The Morgan fingerprint density at radius 3 is 2.67 bits per heavy atom. The molecule has 0 aliphatic heterocycles. The van der Waals surface area contributed by atoms with Gasteiger partial charge in [-0.2, -0.15) is 0 Å². The number of halogens is 1. The number of nitrogens with zero attached hydrogens (tertiary/aromatic N) is 1. The molecule has 2 rings (SSSR count). The summed E-state index contributed by atoms with van der Waals surface area (Å²) >= 11 is 0. The van der Waals surface area contributed by atoms with E-state index in [1.807, 2.05) is 18.2 Å². The quantitative estimate of drug-likeness (QED) is 0.164. The van der Waals surface area contributed by atoms with Crippen molar-refractivity contribution in [2.24, 2.45) is 10.9 Å². The number of benzene rings is 1. The van der Waals surface area contributed by atoms with Gasteiger partial charge in [-0.05, 0) is 37.7 Å². The van der Waals surface area contributed by atoms with Crippen molar-refractivity contribution in [2.45, 2.75) is 45.1 Å². The highest BCUT2D eigenvalue weighted by Gasteiger charge is 2.22. The first kappa shape index (κ1) is 23.5. The standard InChI is InChI=1S/C20H31N3O3.HI/c1-21-20(22-13-7-3-4-10-19(24)25-2)23-14-17-8-5-6-9-18(17)26-15-16-11-12-16;/h5-6,8-9,16H,3-4,7,10-15H2,1-2H3,(H2,21,22,23);1H. The van der Waals surface area contributed by atoms with Crippen LogP contribution in [0.2, 0.25) is 0 Å². The molecule has 1 fully saturated rings. The third kappa shape index (κ3) is 9.83. The topological polar surface area (TPSA) is 72.0 Å². The summed E-state index contributed by atoms with van der Waals surface area (Å²) in [5.74, 6) is 2.32. The highest BCUT2D eigenvalue weighted by atomic mass is 127. The number of carbonyl (C=O) groups is 1. The predicted octanol–water partition coefficient (Wildman–Crippen LogP) is 3.49. The van der Waals surface area contributed by atoms with Gasteiger partial charge in [0.05, 0.1) is 13.7 Å². The minimum Gasteiger partial charge on any atom is -0.493 e. The smallest absolute Gasteiger partial charge is 0.305 e. The van der Waals surface area contributed by atoms with Crippen molar-refractivity contribution in [3.8, 4) is 5.75 Å². The number of rotatable bonds is 11. The summed E-state index contributed by atoms with van der Waals surface area (Å²) in [7, 11) is 3.19. The molecule has 0 amide bonds. The lowest BCUT2D eigenvalue weighted by atomic mass is 10.2. The summed E-state index contributed by atoms with van der Waals surface area (Å²) in [5, 5.41) is 6.64. The summed E-state index contributed by atoms with van der Waals surface area (Å²) in [4.78, 5) is 15.3. The van der Waals surface area contributed by atoms with Crippen LogP contribution in [0.4, 0.5) is 0 Å². The van der Waals surface area contributed by atoms with E-state index in [4.69, 9.17) is 4.74 Å². The van der Waals surface area contributed by atoms with Gasteiger partial charge in [0.15, 0.2) is 5.96 Å². The highest BCUT2D eigenvalue weighted by molar-refractivity contribution is 14.0. The highest BCUT2D eigenvalue weighted by Crippen LogP contribution is 2.30. The van der Waals surface area contributed by atoms with Crippen LogP contribution in [-0.4, -0.2) is 39.2 Å². The van der Waals surface area contributed by atoms with Crippen LogP contribution in [0.1, 0.15) is 44.1 Å². The zero-order valence-electron chi connectivity index (χ0n) is 16.3. The summed E-state index contributed by atoms with van der Waals surface area (Å²) in [6.07, 6.45) is 5.89. The zero-order valence-corrected chi connectivity index (χ0v) is 18.7. The number of guanidine groups is 1. The molecule has 1 aromatic rings. The average Bonchev–Trinajstić information content (AvgIpc) is 3.50. The van der Waals surface area contributed by atoms with E-state index in [-0.39, 0.29) is 29.9 Å². The van der Waals surface area contributed by atoms with Crippen LogP contribution >= 0.6 is 24.0 Å². The number of carbonyl (C=O) groups excluding carboxylic acids is 1. The van der Waals surface area contributed by atoms with Crippen molar-refractivity contribution in [2.75, 3.05) is 27.3 Å². The van der Waals surface area contributed by atoms with Gasteiger partial charge < -0.3 is 20.1 Å². The summed E-state index contributed by atoms with van der Waals surface area (Å²) < 4.78 is 10.6. The van der Waals surface area contributed by atoms with Crippen molar-refractivity contribution in [1.29, 1.82) is 0 Å². The number of unbranched alkanes of at least 4 members (excludes halogenated alkanes) is 2. The van der Waals surface area contributed by atoms with E-state index in [9.17, 15) is 4.79 Å². The summed E-state index contributed by atoms with van der Waals surface area (Å²) in [5.41, 5.74) is 1.13. The Bertz CT molecular complexity index is 592. The maximum absolute atomic E-state index is 11.1. The molecule has 7 heteroatoms. The minimum absolute atomic E-state index is 0. The van der Waals surface area contributed by atoms with Crippen LogP contribution in [0, 0.1) is 5.92 Å². The molecule has 0 spiro atoms. The van der Waals surface area contributed by atoms with Gasteiger partial charge in [-0.15, -0.1) is 24.0 Å². The molecule has 1 aliphatic carbocycles. The van der Waals surface area contributed by atoms with Crippen LogP contribution < -0.4 is 15.4 Å². The van der Waals surface area contributed by atoms with Crippen LogP contribution in [0.5, 0.6) is 5.75 Å². The van der Waals surface area contributed by atoms with E-state index in [2.05, 4.69) is 26.4 Å². The first-order chi connectivity index (χ1) is 12.7. The van der Waals surface area contributed by atoms with E-state index in [0.29, 0.717) is 13.0 Å². The molecule has 0 heterocycles.